The largest absolute Gasteiger partial charge is 0.308 e. The number of fused-ring (bicyclic) bond motifs is 7. The zero-order valence-corrected chi connectivity index (χ0v) is 27.7. The van der Waals surface area contributed by atoms with E-state index < -0.39 is 0 Å². The van der Waals surface area contributed by atoms with Gasteiger partial charge in [0, 0.05) is 54.2 Å². The van der Waals surface area contributed by atoms with Crippen LogP contribution < -0.4 is 0 Å². The lowest BCUT2D eigenvalue weighted by atomic mass is 10.0. The van der Waals surface area contributed by atoms with Crippen LogP contribution in [0.25, 0.3) is 93.0 Å². The molecule has 0 unspecified atom stereocenters. The molecule has 0 aliphatic rings. The maximum absolute atomic E-state index is 5.46. The number of rotatable bonds is 5. The molecule has 6 aromatic carbocycles. The van der Waals surface area contributed by atoms with Gasteiger partial charge in [-0.1, -0.05) is 140 Å². The summed E-state index contributed by atoms with van der Waals surface area (Å²) in [5.41, 5.74) is 10.4. The van der Waals surface area contributed by atoms with Crippen LogP contribution in [0.4, 0.5) is 0 Å². The third-order valence-corrected chi connectivity index (χ3v) is 10.5. The molecule has 0 aliphatic carbocycles. The molecule has 0 spiro atoms. The van der Waals surface area contributed by atoms with E-state index in [0.29, 0.717) is 5.82 Å². The minimum Gasteiger partial charge on any atom is -0.308 e. The van der Waals surface area contributed by atoms with Crippen LogP contribution in [0.1, 0.15) is 0 Å². The van der Waals surface area contributed by atoms with Gasteiger partial charge < -0.3 is 4.57 Å². The first kappa shape index (κ1) is 28.6. The SMILES string of the molecule is c1ccc(-c2cc(-c3ccc(-c4nc5sc6ccccc6c5c5c4c4ccccc4n5-c4ccccc4)cc3)nc(-c3ccccc3)n2)cc1. The van der Waals surface area contributed by atoms with Crippen molar-refractivity contribution in [1.82, 2.24) is 19.5 Å². The molecule has 4 nitrogen and oxygen atoms in total. The van der Waals surface area contributed by atoms with Crippen LogP contribution in [0.2, 0.25) is 0 Å². The average molecular weight is 657 g/mol. The second-order valence-electron chi connectivity index (χ2n) is 12.4. The minimum atomic E-state index is 0.707. The fraction of sp³-hybridized carbons (Fsp3) is 0. The first-order valence-corrected chi connectivity index (χ1v) is 17.5. The van der Waals surface area contributed by atoms with Crippen molar-refractivity contribution < 1.29 is 0 Å². The van der Waals surface area contributed by atoms with E-state index in [9.17, 15) is 0 Å². The van der Waals surface area contributed by atoms with Gasteiger partial charge in [0.15, 0.2) is 5.82 Å². The Balaban J connectivity index is 1.20. The second kappa shape index (κ2) is 11.6. The summed E-state index contributed by atoms with van der Waals surface area (Å²) in [5.74, 6) is 0.707. The number of para-hydroxylation sites is 2. The third kappa shape index (κ3) is 4.63. The van der Waals surface area contributed by atoms with Crippen LogP contribution in [-0.4, -0.2) is 19.5 Å². The van der Waals surface area contributed by atoms with E-state index in [-0.39, 0.29) is 0 Å². The quantitative estimate of drug-likeness (QED) is 0.185. The molecule has 234 valence electrons. The summed E-state index contributed by atoms with van der Waals surface area (Å²) >= 11 is 1.76. The van der Waals surface area contributed by atoms with Gasteiger partial charge in [-0.15, -0.1) is 11.3 Å². The van der Waals surface area contributed by atoms with Crippen molar-refractivity contribution in [1.29, 1.82) is 0 Å². The van der Waals surface area contributed by atoms with Crippen molar-refractivity contribution in [3.63, 3.8) is 0 Å². The Hall–Kier alpha value is -6.43. The number of benzene rings is 6. The average Bonchev–Trinajstić information content (AvgIpc) is 3.74. The normalized spacial score (nSPS) is 11.6. The van der Waals surface area contributed by atoms with Gasteiger partial charge in [-0.3, -0.25) is 0 Å². The topological polar surface area (TPSA) is 43.6 Å². The summed E-state index contributed by atoms with van der Waals surface area (Å²) in [4.78, 5) is 16.5. The van der Waals surface area contributed by atoms with Gasteiger partial charge >= 0.3 is 0 Å². The Labute approximate surface area is 292 Å². The Bertz CT molecular complexity index is 2780. The van der Waals surface area contributed by atoms with Gasteiger partial charge in [0.2, 0.25) is 0 Å². The van der Waals surface area contributed by atoms with Crippen LogP contribution in [0, 0.1) is 0 Å². The predicted octanol–water partition coefficient (Wildman–Crippen LogP) is 12.0. The summed E-state index contributed by atoms with van der Waals surface area (Å²) < 4.78 is 3.66. The number of aromatic nitrogens is 4. The molecule has 10 aromatic rings. The van der Waals surface area contributed by atoms with Gasteiger partial charge in [0.05, 0.1) is 28.1 Å². The van der Waals surface area contributed by atoms with Crippen LogP contribution in [0.3, 0.4) is 0 Å². The highest BCUT2D eigenvalue weighted by Crippen LogP contribution is 2.45. The number of nitrogens with zero attached hydrogens (tertiary/aromatic N) is 4. The molecule has 0 amide bonds. The maximum Gasteiger partial charge on any atom is 0.160 e. The molecule has 0 radical (unpaired) electrons. The fourth-order valence-electron chi connectivity index (χ4n) is 7.14. The fourth-order valence-corrected chi connectivity index (χ4v) is 8.22. The molecule has 0 N–H and O–H groups in total. The van der Waals surface area contributed by atoms with Gasteiger partial charge in [0.1, 0.15) is 4.83 Å². The van der Waals surface area contributed by atoms with Gasteiger partial charge in [0.25, 0.3) is 0 Å². The number of pyridine rings is 1. The van der Waals surface area contributed by atoms with Crippen LogP contribution >= 0.6 is 11.3 Å². The Kier molecular flexibility index (Phi) is 6.64. The smallest absolute Gasteiger partial charge is 0.160 e. The maximum atomic E-state index is 5.46. The van der Waals surface area contributed by atoms with Crippen molar-refractivity contribution in [3.05, 3.63) is 170 Å². The van der Waals surface area contributed by atoms with Crippen molar-refractivity contribution in [2.24, 2.45) is 0 Å². The lowest BCUT2D eigenvalue weighted by Crippen LogP contribution is -1.96. The van der Waals surface area contributed by atoms with E-state index in [4.69, 9.17) is 15.0 Å². The van der Waals surface area contributed by atoms with Crippen LogP contribution in [-0.2, 0) is 0 Å². The molecular weight excluding hydrogens is 629 g/mol. The molecule has 0 saturated heterocycles. The Morgan fingerprint density at radius 1 is 0.440 bits per heavy atom. The summed E-state index contributed by atoms with van der Waals surface area (Å²) in [6.07, 6.45) is 0. The van der Waals surface area contributed by atoms with Gasteiger partial charge in [-0.25, -0.2) is 15.0 Å². The van der Waals surface area contributed by atoms with E-state index in [1.807, 2.05) is 36.4 Å². The van der Waals surface area contributed by atoms with E-state index in [0.717, 1.165) is 55.2 Å². The molecule has 4 aromatic heterocycles. The van der Waals surface area contributed by atoms with E-state index in [2.05, 4.69) is 138 Å². The van der Waals surface area contributed by atoms with E-state index >= 15 is 0 Å². The molecular formula is C45H28N4S. The van der Waals surface area contributed by atoms with Crippen molar-refractivity contribution in [2.75, 3.05) is 0 Å². The van der Waals surface area contributed by atoms with Crippen molar-refractivity contribution in [3.8, 4) is 50.8 Å². The standard InChI is InChI=1S/C45H28N4S/c1-4-14-29(15-5-1)36-28-37(47-44(46-36)32-16-6-2-7-17-32)30-24-26-31(27-25-30)42-40-34-20-10-12-22-38(34)49(33-18-8-3-9-19-33)43(40)41-35-21-11-13-23-39(35)50-45(41)48-42/h1-28H. The molecule has 50 heavy (non-hydrogen) atoms. The molecule has 5 heteroatoms. The Morgan fingerprint density at radius 3 is 1.72 bits per heavy atom. The molecule has 10 rings (SSSR count). The number of hydrogen-bond acceptors (Lipinski definition) is 4. The Morgan fingerprint density at radius 2 is 1.00 bits per heavy atom. The molecule has 4 heterocycles. The molecule has 0 saturated carbocycles. The highest BCUT2D eigenvalue weighted by molar-refractivity contribution is 7.25. The summed E-state index contributed by atoms with van der Waals surface area (Å²) in [5, 5.41) is 4.78. The minimum absolute atomic E-state index is 0.707. The lowest BCUT2D eigenvalue weighted by molar-refractivity contribution is 1.18. The van der Waals surface area contributed by atoms with E-state index in [1.54, 1.807) is 11.3 Å². The number of thiophene rings is 1. The zero-order valence-electron chi connectivity index (χ0n) is 26.9. The first-order chi connectivity index (χ1) is 24.8. The third-order valence-electron chi connectivity index (χ3n) is 9.43. The highest BCUT2D eigenvalue weighted by atomic mass is 32.1. The van der Waals surface area contributed by atoms with Crippen LogP contribution in [0.5, 0.6) is 0 Å². The van der Waals surface area contributed by atoms with Crippen molar-refractivity contribution in [2.45, 2.75) is 0 Å². The molecule has 0 bridgehead atoms. The van der Waals surface area contributed by atoms with Crippen LogP contribution in [0.15, 0.2) is 170 Å². The summed E-state index contributed by atoms with van der Waals surface area (Å²) in [6, 6.07) is 59.4. The second-order valence-corrected chi connectivity index (χ2v) is 13.5. The monoisotopic (exact) mass is 656 g/mol. The van der Waals surface area contributed by atoms with Gasteiger partial charge in [-0.05, 0) is 30.3 Å². The first-order valence-electron chi connectivity index (χ1n) is 16.7. The van der Waals surface area contributed by atoms with Crippen molar-refractivity contribution >= 4 is 53.4 Å². The van der Waals surface area contributed by atoms with Gasteiger partial charge in [-0.2, -0.15) is 0 Å². The zero-order chi connectivity index (χ0) is 33.0. The van der Waals surface area contributed by atoms with E-state index in [1.165, 1.54) is 31.9 Å². The summed E-state index contributed by atoms with van der Waals surface area (Å²) in [6.45, 7) is 0. The number of hydrogen-bond donors (Lipinski definition) is 0. The molecule has 0 atom stereocenters. The summed E-state index contributed by atoms with van der Waals surface area (Å²) in [7, 11) is 0. The molecule has 0 fully saturated rings. The highest BCUT2D eigenvalue weighted by Gasteiger charge is 2.23. The predicted molar refractivity (Wildman–Crippen MR) is 209 cm³/mol. The molecule has 0 aliphatic heterocycles. The lowest BCUT2D eigenvalue weighted by Gasteiger charge is -2.11.